The van der Waals surface area contributed by atoms with Gasteiger partial charge in [0, 0.05) is 0 Å². The topological polar surface area (TPSA) is 85.0 Å². The van der Waals surface area contributed by atoms with Crippen molar-refractivity contribution < 1.29 is 14.3 Å². The zero-order valence-corrected chi connectivity index (χ0v) is 16.4. The Kier molecular flexibility index (Phi) is 5.43. The number of carbonyl (C=O) groups is 2. The van der Waals surface area contributed by atoms with Gasteiger partial charge in [-0.05, 0) is 44.4 Å². The molecule has 1 aromatic carbocycles. The molecule has 0 aliphatic carbocycles. The minimum atomic E-state index is -0.721. The fourth-order valence-corrected chi connectivity index (χ4v) is 3.79. The predicted octanol–water partition coefficient (Wildman–Crippen LogP) is 3.27. The van der Waals surface area contributed by atoms with E-state index >= 15 is 0 Å². The summed E-state index contributed by atoms with van der Waals surface area (Å²) in [6.07, 6.45) is 0.0681. The number of aliphatic imine (C=N–C) groups is 1. The molecule has 0 spiro atoms. The number of hydrogen-bond acceptors (Lipinski definition) is 7. The second kappa shape index (κ2) is 7.62. The number of thiophene rings is 1. The Morgan fingerprint density at radius 1 is 1.33 bits per heavy atom. The molecule has 0 amide bonds. The Morgan fingerprint density at radius 2 is 2.07 bits per heavy atom. The summed E-state index contributed by atoms with van der Waals surface area (Å²) < 4.78 is 5.39. The zero-order valence-electron chi connectivity index (χ0n) is 15.6. The van der Waals surface area contributed by atoms with E-state index in [9.17, 15) is 9.59 Å². The molecular weight excluding hydrogens is 362 g/mol. The van der Waals surface area contributed by atoms with Crippen LogP contribution in [0.2, 0.25) is 0 Å². The number of hydrogen-bond donors (Lipinski definition) is 1. The number of benzene rings is 1. The van der Waals surface area contributed by atoms with Crippen LogP contribution in [-0.4, -0.2) is 35.8 Å². The van der Waals surface area contributed by atoms with Crippen LogP contribution in [0.5, 0.6) is 0 Å². The molecule has 3 rings (SSSR count). The molecule has 0 saturated heterocycles. The smallest absolute Gasteiger partial charge is 0.309 e. The van der Waals surface area contributed by atoms with E-state index in [2.05, 4.69) is 0 Å². The molecule has 2 heterocycles. The van der Waals surface area contributed by atoms with Crippen molar-refractivity contribution in [3.8, 4) is 0 Å². The molecule has 2 atom stereocenters. The Balaban J connectivity index is 1.96. The summed E-state index contributed by atoms with van der Waals surface area (Å²) in [6.45, 7) is 5.42. The van der Waals surface area contributed by atoms with E-state index in [0.717, 1.165) is 22.5 Å². The van der Waals surface area contributed by atoms with Crippen LogP contribution in [0.15, 0.2) is 46.8 Å². The molecule has 1 aliphatic rings. The molecule has 2 N–H and O–H groups in total. The van der Waals surface area contributed by atoms with Crippen molar-refractivity contribution in [1.82, 2.24) is 0 Å². The number of nitrogens with zero attached hydrogens (tertiary/aromatic N) is 2. The zero-order chi connectivity index (χ0) is 19.6. The average Bonchev–Trinajstić information content (AvgIpc) is 3.12. The van der Waals surface area contributed by atoms with Gasteiger partial charge in [-0.2, -0.15) is 0 Å². The fraction of sp³-hybridized carbons (Fsp3) is 0.350. The van der Waals surface area contributed by atoms with Crippen molar-refractivity contribution in [3.05, 3.63) is 46.7 Å². The van der Waals surface area contributed by atoms with Gasteiger partial charge < -0.3 is 20.2 Å². The number of fused-ring (bicyclic) bond motifs is 1. The highest BCUT2D eigenvalue weighted by Gasteiger charge is 2.35. The SMILES string of the molecule is CC(C)(C)OC(=O)CC(N)N1c2ccccc2N=C(c2cccs2)C1C=O. The molecule has 0 bridgehead atoms. The molecule has 142 valence electrons. The van der Waals surface area contributed by atoms with Gasteiger partial charge in [0.2, 0.25) is 0 Å². The first kappa shape index (κ1) is 19.3. The molecule has 2 aromatic rings. The lowest BCUT2D eigenvalue weighted by Gasteiger charge is -2.39. The minimum Gasteiger partial charge on any atom is -0.460 e. The Bertz CT molecular complexity index is 856. The fourth-order valence-electron chi connectivity index (χ4n) is 3.05. The van der Waals surface area contributed by atoms with E-state index in [4.69, 9.17) is 15.5 Å². The predicted molar refractivity (Wildman–Crippen MR) is 108 cm³/mol. The van der Waals surface area contributed by atoms with Gasteiger partial charge in [0.1, 0.15) is 17.9 Å². The summed E-state index contributed by atoms with van der Waals surface area (Å²) in [6, 6.07) is 10.6. The van der Waals surface area contributed by atoms with Crippen molar-refractivity contribution in [1.29, 1.82) is 0 Å². The van der Waals surface area contributed by atoms with Crippen LogP contribution in [-0.2, 0) is 14.3 Å². The van der Waals surface area contributed by atoms with Gasteiger partial charge in [0.25, 0.3) is 0 Å². The third-order valence-electron chi connectivity index (χ3n) is 4.04. The van der Waals surface area contributed by atoms with E-state index in [0.29, 0.717) is 5.71 Å². The quantitative estimate of drug-likeness (QED) is 0.631. The van der Waals surface area contributed by atoms with Gasteiger partial charge in [-0.1, -0.05) is 18.2 Å². The van der Waals surface area contributed by atoms with Gasteiger partial charge in [0.15, 0.2) is 0 Å². The molecule has 0 saturated carbocycles. The van der Waals surface area contributed by atoms with Crippen LogP contribution < -0.4 is 10.6 Å². The normalized spacial score (nSPS) is 17.7. The Morgan fingerprint density at radius 3 is 2.70 bits per heavy atom. The van der Waals surface area contributed by atoms with Gasteiger partial charge >= 0.3 is 5.97 Å². The maximum absolute atomic E-state index is 12.3. The summed E-state index contributed by atoms with van der Waals surface area (Å²) in [5, 5.41) is 1.94. The van der Waals surface area contributed by atoms with Crippen molar-refractivity contribution in [2.45, 2.75) is 45.0 Å². The van der Waals surface area contributed by atoms with Crippen molar-refractivity contribution in [2.75, 3.05) is 4.90 Å². The summed E-state index contributed by atoms with van der Waals surface area (Å²) >= 11 is 1.51. The van der Waals surface area contributed by atoms with Crippen LogP contribution in [0.25, 0.3) is 0 Å². The van der Waals surface area contributed by atoms with Crippen LogP contribution in [0.1, 0.15) is 32.1 Å². The van der Waals surface area contributed by atoms with Gasteiger partial charge in [0.05, 0.1) is 34.6 Å². The number of aldehydes is 1. The summed E-state index contributed by atoms with van der Waals surface area (Å²) in [5.41, 5.74) is 7.87. The van der Waals surface area contributed by atoms with Crippen LogP contribution >= 0.6 is 11.3 Å². The van der Waals surface area contributed by atoms with Crippen LogP contribution in [0, 0.1) is 0 Å². The highest BCUT2D eigenvalue weighted by Crippen LogP contribution is 2.37. The number of nitrogens with two attached hydrogens (primary N) is 1. The van der Waals surface area contributed by atoms with E-state index in [-0.39, 0.29) is 6.42 Å². The molecule has 6 nitrogen and oxygen atoms in total. The standard InChI is InChI=1S/C20H23N3O3S/c1-20(2,3)26-18(25)11-17(21)23-14-8-5-4-7-13(14)22-19(15(23)12-24)16-9-6-10-27-16/h4-10,12,15,17H,11,21H2,1-3H3. The van der Waals surface area contributed by atoms with E-state index in [1.54, 1.807) is 4.90 Å². The van der Waals surface area contributed by atoms with E-state index in [1.165, 1.54) is 11.3 Å². The molecule has 27 heavy (non-hydrogen) atoms. The Hall–Kier alpha value is -2.51. The van der Waals surface area contributed by atoms with Crippen LogP contribution in [0.4, 0.5) is 11.4 Å². The van der Waals surface area contributed by atoms with Crippen molar-refractivity contribution in [2.24, 2.45) is 10.7 Å². The molecule has 7 heteroatoms. The lowest BCUT2D eigenvalue weighted by atomic mass is 10.0. The maximum Gasteiger partial charge on any atom is 0.309 e. The number of rotatable bonds is 5. The molecule has 1 aromatic heterocycles. The first-order valence-electron chi connectivity index (χ1n) is 8.72. The molecular formula is C20H23N3O3S. The molecule has 1 aliphatic heterocycles. The first-order valence-corrected chi connectivity index (χ1v) is 9.60. The summed E-state index contributed by atoms with van der Waals surface area (Å²) in [4.78, 5) is 31.6. The molecule has 2 unspecified atom stereocenters. The second-order valence-electron chi connectivity index (χ2n) is 7.31. The highest BCUT2D eigenvalue weighted by molar-refractivity contribution is 7.12. The monoisotopic (exact) mass is 385 g/mol. The number of carbonyl (C=O) groups excluding carboxylic acids is 2. The average molecular weight is 385 g/mol. The second-order valence-corrected chi connectivity index (χ2v) is 8.26. The van der Waals surface area contributed by atoms with Gasteiger partial charge in [-0.3, -0.25) is 4.79 Å². The third-order valence-corrected chi connectivity index (χ3v) is 4.93. The number of para-hydroxylation sites is 2. The maximum atomic E-state index is 12.3. The summed E-state index contributed by atoms with van der Waals surface area (Å²) in [5.74, 6) is -0.405. The lowest BCUT2D eigenvalue weighted by molar-refractivity contribution is -0.155. The lowest BCUT2D eigenvalue weighted by Crippen LogP contribution is -2.55. The molecule has 0 fully saturated rings. The molecule has 0 radical (unpaired) electrons. The number of esters is 1. The number of anilines is 1. The highest BCUT2D eigenvalue weighted by atomic mass is 32.1. The third kappa shape index (κ3) is 4.26. The van der Waals surface area contributed by atoms with Gasteiger partial charge in [-0.25, -0.2) is 4.99 Å². The van der Waals surface area contributed by atoms with Crippen LogP contribution in [0.3, 0.4) is 0 Å². The van der Waals surface area contributed by atoms with Crippen molar-refractivity contribution >= 4 is 40.7 Å². The number of ether oxygens (including phenoxy) is 1. The van der Waals surface area contributed by atoms with Crippen molar-refractivity contribution in [3.63, 3.8) is 0 Å². The van der Waals surface area contributed by atoms with E-state index in [1.807, 2.05) is 62.5 Å². The first-order chi connectivity index (χ1) is 12.8. The Labute approximate surface area is 162 Å². The minimum absolute atomic E-state index is 0.0341. The van der Waals surface area contributed by atoms with E-state index < -0.39 is 23.8 Å². The van der Waals surface area contributed by atoms with Gasteiger partial charge in [-0.15, -0.1) is 11.3 Å². The summed E-state index contributed by atoms with van der Waals surface area (Å²) in [7, 11) is 0. The largest absolute Gasteiger partial charge is 0.460 e.